The van der Waals surface area contributed by atoms with Crippen LogP contribution < -0.4 is 5.73 Å². The first-order valence-electron chi connectivity index (χ1n) is 6.54. The van der Waals surface area contributed by atoms with E-state index in [0.717, 1.165) is 5.56 Å². The summed E-state index contributed by atoms with van der Waals surface area (Å²) in [6, 6.07) is 9.47. The van der Waals surface area contributed by atoms with Crippen LogP contribution in [-0.4, -0.2) is 38.5 Å². The highest BCUT2D eigenvalue weighted by atomic mass is 16.7. The van der Waals surface area contributed by atoms with Gasteiger partial charge in [0.2, 0.25) is 0 Å². The van der Waals surface area contributed by atoms with Crippen LogP contribution in [0.3, 0.4) is 0 Å². The summed E-state index contributed by atoms with van der Waals surface area (Å²) in [7, 11) is 0. The summed E-state index contributed by atoms with van der Waals surface area (Å²) >= 11 is 0. The minimum absolute atomic E-state index is 0.0413. The van der Waals surface area contributed by atoms with Crippen LogP contribution in [-0.2, 0) is 23.7 Å². The smallest absolute Gasteiger partial charge is 0.404 e. The molecule has 1 aliphatic rings. The van der Waals surface area contributed by atoms with Crippen molar-refractivity contribution in [2.45, 2.75) is 6.29 Å². The molecule has 0 atom stereocenters. The number of hydrogen-bond acceptors (Lipinski definition) is 6. The third kappa shape index (κ3) is 4.73. The molecule has 2 rings (SSSR count). The maximum atomic E-state index is 11.7. The number of carbonyl (C=O) groups excluding carboxylic acids is 2. The van der Waals surface area contributed by atoms with Crippen molar-refractivity contribution in [3.8, 4) is 0 Å². The lowest BCUT2D eigenvalue weighted by atomic mass is 10.1. The molecule has 0 spiro atoms. The highest BCUT2D eigenvalue weighted by molar-refractivity contribution is 5.72. The number of nitrogens with two attached hydrogens (primary N) is 1. The maximum absolute atomic E-state index is 11.7. The number of benzene rings is 1. The molecule has 0 saturated carbocycles. The summed E-state index contributed by atoms with van der Waals surface area (Å²) in [6.45, 7) is 0.326. The van der Waals surface area contributed by atoms with Crippen LogP contribution in [0.5, 0.6) is 0 Å². The Labute approximate surface area is 121 Å². The Morgan fingerprint density at radius 1 is 1.10 bits per heavy atom. The van der Waals surface area contributed by atoms with E-state index < -0.39 is 24.3 Å². The minimum Gasteiger partial charge on any atom is -0.462 e. The Balaban J connectivity index is 1.71. The molecule has 1 heterocycles. The molecule has 21 heavy (non-hydrogen) atoms. The predicted molar refractivity (Wildman–Crippen MR) is 71.1 cm³/mol. The molecular formula is C14H17NO6. The molecule has 0 aromatic heterocycles. The van der Waals surface area contributed by atoms with Crippen LogP contribution in [0.25, 0.3) is 0 Å². The van der Waals surface area contributed by atoms with Gasteiger partial charge in [0.1, 0.15) is 19.1 Å². The highest BCUT2D eigenvalue weighted by Crippen LogP contribution is 2.25. The molecule has 1 aliphatic heterocycles. The number of ether oxygens (including phenoxy) is 4. The van der Waals surface area contributed by atoms with E-state index in [2.05, 4.69) is 4.74 Å². The number of primary amides is 1. The zero-order valence-electron chi connectivity index (χ0n) is 11.4. The Hall–Kier alpha value is -2.12. The van der Waals surface area contributed by atoms with E-state index in [4.69, 9.17) is 19.9 Å². The van der Waals surface area contributed by atoms with Crippen molar-refractivity contribution in [2.75, 3.05) is 26.4 Å². The Bertz CT molecular complexity index is 470. The average Bonchev–Trinajstić information content (AvgIpc) is 2.52. The summed E-state index contributed by atoms with van der Waals surface area (Å²) in [4.78, 5) is 22.1. The van der Waals surface area contributed by atoms with Gasteiger partial charge in [0.25, 0.3) is 0 Å². The first-order chi connectivity index (χ1) is 10.2. The van der Waals surface area contributed by atoms with Crippen molar-refractivity contribution >= 4 is 12.1 Å². The molecule has 7 nitrogen and oxygen atoms in total. The van der Waals surface area contributed by atoms with Gasteiger partial charge in [-0.3, -0.25) is 4.79 Å². The van der Waals surface area contributed by atoms with Crippen LogP contribution in [0.15, 0.2) is 30.3 Å². The van der Waals surface area contributed by atoms with E-state index in [9.17, 15) is 9.59 Å². The van der Waals surface area contributed by atoms with Gasteiger partial charge in [-0.2, -0.15) is 0 Å². The zero-order chi connectivity index (χ0) is 15.1. The van der Waals surface area contributed by atoms with Gasteiger partial charge in [0.15, 0.2) is 6.29 Å². The lowest BCUT2D eigenvalue weighted by molar-refractivity contribution is -0.213. The summed E-state index contributed by atoms with van der Waals surface area (Å²) < 4.78 is 20.4. The van der Waals surface area contributed by atoms with Gasteiger partial charge in [0, 0.05) is 5.56 Å². The van der Waals surface area contributed by atoms with Gasteiger partial charge in [0.05, 0.1) is 13.2 Å². The first kappa shape index (κ1) is 15.3. The van der Waals surface area contributed by atoms with Gasteiger partial charge < -0.3 is 24.7 Å². The van der Waals surface area contributed by atoms with E-state index in [-0.39, 0.29) is 26.4 Å². The van der Waals surface area contributed by atoms with Crippen LogP contribution >= 0.6 is 0 Å². The van der Waals surface area contributed by atoms with Gasteiger partial charge in [-0.15, -0.1) is 0 Å². The molecule has 0 aliphatic carbocycles. The summed E-state index contributed by atoms with van der Waals surface area (Å²) in [5.74, 6) is -0.937. The Kier molecular flexibility index (Phi) is 5.53. The van der Waals surface area contributed by atoms with Gasteiger partial charge in [-0.1, -0.05) is 30.3 Å². The quantitative estimate of drug-likeness (QED) is 0.642. The minimum atomic E-state index is -0.902. The molecule has 1 fully saturated rings. The maximum Gasteiger partial charge on any atom is 0.404 e. The molecule has 1 aromatic carbocycles. The molecule has 1 saturated heterocycles. The fourth-order valence-corrected chi connectivity index (χ4v) is 1.84. The molecule has 0 bridgehead atoms. The van der Waals surface area contributed by atoms with E-state index in [1.807, 2.05) is 30.3 Å². The number of esters is 1. The predicted octanol–water partition coefficient (Wildman–Crippen LogP) is 0.987. The molecule has 0 unspecified atom stereocenters. The lowest BCUT2D eigenvalue weighted by Crippen LogP contribution is -2.34. The molecule has 1 aromatic rings. The van der Waals surface area contributed by atoms with Crippen LogP contribution in [0.2, 0.25) is 0 Å². The fourth-order valence-electron chi connectivity index (χ4n) is 1.84. The van der Waals surface area contributed by atoms with Crippen molar-refractivity contribution in [1.82, 2.24) is 0 Å². The Morgan fingerprint density at radius 3 is 2.33 bits per heavy atom. The van der Waals surface area contributed by atoms with Crippen molar-refractivity contribution in [1.29, 1.82) is 0 Å². The van der Waals surface area contributed by atoms with Crippen molar-refractivity contribution in [3.63, 3.8) is 0 Å². The largest absolute Gasteiger partial charge is 0.462 e. The summed E-state index contributed by atoms with van der Waals surface area (Å²) in [5, 5.41) is 0. The van der Waals surface area contributed by atoms with Crippen molar-refractivity contribution in [3.05, 3.63) is 35.9 Å². The van der Waals surface area contributed by atoms with Gasteiger partial charge in [-0.05, 0) is 0 Å². The number of amides is 1. The highest BCUT2D eigenvalue weighted by Gasteiger charge is 2.29. The standard InChI is InChI=1S/C14H17NO6/c15-14(17)19-7-6-18-12(16)11-8-20-13(21-9-11)10-4-2-1-3-5-10/h1-5,11,13H,6-9H2,(H2,15,17). The van der Waals surface area contributed by atoms with E-state index >= 15 is 0 Å². The lowest BCUT2D eigenvalue weighted by Gasteiger charge is -2.28. The number of hydrogen-bond donors (Lipinski definition) is 1. The number of rotatable bonds is 5. The zero-order valence-corrected chi connectivity index (χ0v) is 11.4. The normalized spacial score (nSPS) is 21.5. The molecule has 0 radical (unpaired) electrons. The average molecular weight is 295 g/mol. The third-order valence-corrected chi connectivity index (χ3v) is 2.87. The molecular weight excluding hydrogens is 278 g/mol. The molecule has 1 amide bonds. The molecule has 2 N–H and O–H groups in total. The first-order valence-corrected chi connectivity index (χ1v) is 6.54. The Morgan fingerprint density at radius 2 is 1.71 bits per heavy atom. The summed E-state index contributed by atoms with van der Waals surface area (Å²) in [5.41, 5.74) is 5.68. The molecule has 114 valence electrons. The van der Waals surface area contributed by atoms with Crippen molar-refractivity contribution in [2.24, 2.45) is 11.7 Å². The third-order valence-electron chi connectivity index (χ3n) is 2.87. The van der Waals surface area contributed by atoms with E-state index in [0.29, 0.717) is 0 Å². The van der Waals surface area contributed by atoms with Gasteiger partial charge >= 0.3 is 12.1 Å². The second-order valence-electron chi connectivity index (χ2n) is 4.44. The van der Waals surface area contributed by atoms with E-state index in [1.54, 1.807) is 0 Å². The monoisotopic (exact) mass is 295 g/mol. The van der Waals surface area contributed by atoms with E-state index in [1.165, 1.54) is 0 Å². The second-order valence-corrected chi connectivity index (χ2v) is 4.44. The van der Waals surface area contributed by atoms with Gasteiger partial charge in [-0.25, -0.2) is 4.79 Å². The van der Waals surface area contributed by atoms with Crippen LogP contribution in [0, 0.1) is 5.92 Å². The van der Waals surface area contributed by atoms with Crippen LogP contribution in [0.1, 0.15) is 11.9 Å². The fraction of sp³-hybridized carbons (Fsp3) is 0.429. The SMILES string of the molecule is NC(=O)OCCOC(=O)C1COC(c2ccccc2)OC1. The topological polar surface area (TPSA) is 97.1 Å². The molecule has 7 heteroatoms. The van der Waals surface area contributed by atoms with Crippen LogP contribution in [0.4, 0.5) is 4.79 Å². The number of carbonyl (C=O) groups is 2. The summed E-state index contributed by atoms with van der Waals surface area (Å²) in [6.07, 6.45) is -1.37. The van der Waals surface area contributed by atoms with Crippen molar-refractivity contribution < 1.29 is 28.5 Å². The second kappa shape index (κ2) is 7.61.